The molecule has 1 heterocycles. The number of aryl methyl sites for hydroxylation is 1. The molecule has 4 nitrogen and oxygen atoms in total. The van der Waals surface area contributed by atoms with Gasteiger partial charge in [0.25, 0.3) is 5.91 Å². The first-order valence-corrected chi connectivity index (χ1v) is 8.18. The third-order valence-corrected chi connectivity index (χ3v) is 4.97. The van der Waals surface area contributed by atoms with Crippen LogP contribution in [0.5, 0.6) is 5.75 Å². The molecule has 0 bridgehead atoms. The SMILES string of the molecule is C[C@H](Oc1ccc(F)cc1)C(=O)Nc1sc2c(c1C#N)CCC2. The molecule has 0 saturated heterocycles. The van der Waals surface area contributed by atoms with Gasteiger partial charge in [0.1, 0.15) is 22.6 Å². The van der Waals surface area contributed by atoms with E-state index in [2.05, 4.69) is 11.4 Å². The summed E-state index contributed by atoms with van der Waals surface area (Å²) in [4.78, 5) is 13.5. The number of rotatable bonds is 4. The molecular weight excluding hydrogens is 315 g/mol. The fraction of sp³-hybridized carbons (Fsp3) is 0.294. The molecule has 118 valence electrons. The molecular formula is C17H15FN2O2S. The molecule has 1 aromatic carbocycles. The first-order chi connectivity index (χ1) is 11.1. The van der Waals surface area contributed by atoms with Crippen molar-refractivity contribution in [3.8, 4) is 11.8 Å². The number of benzene rings is 1. The highest BCUT2D eigenvalue weighted by Crippen LogP contribution is 2.38. The fourth-order valence-electron chi connectivity index (χ4n) is 2.59. The van der Waals surface area contributed by atoms with E-state index in [1.165, 1.54) is 40.5 Å². The lowest BCUT2D eigenvalue weighted by molar-refractivity contribution is -0.122. The van der Waals surface area contributed by atoms with E-state index in [1.54, 1.807) is 6.92 Å². The summed E-state index contributed by atoms with van der Waals surface area (Å²) >= 11 is 1.47. The minimum Gasteiger partial charge on any atom is -0.481 e. The summed E-state index contributed by atoms with van der Waals surface area (Å²) < 4.78 is 18.4. The van der Waals surface area contributed by atoms with Gasteiger partial charge >= 0.3 is 0 Å². The van der Waals surface area contributed by atoms with Gasteiger partial charge in [-0.05, 0) is 56.0 Å². The number of carbonyl (C=O) groups excluding carboxylic acids is 1. The van der Waals surface area contributed by atoms with Gasteiger partial charge in [-0.25, -0.2) is 4.39 Å². The monoisotopic (exact) mass is 330 g/mol. The molecule has 1 aliphatic carbocycles. The van der Waals surface area contributed by atoms with E-state index < -0.39 is 6.10 Å². The number of hydrogen-bond acceptors (Lipinski definition) is 4. The number of halogens is 1. The average Bonchev–Trinajstić information content (AvgIpc) is 3.09. The number of anilines is 1. The Kier molecular flexibility index (Phi) is 4.30. The van der Waals surface area contributed by atoms with Crippen molar-refractivity contribution in [1.29, 1.82) is 5.26 Å². The summed E-state index contributed by atoms with van der Waals surface area (Å²) in [5, 5.41) is 12.7. The summed E-state index contributed by atoms with van der Waals surface area (Å²) in [6.07, 6.45) is 2.18. The highest BCUT2D eigenvalue weighted by Gasteiger charge is 2.24. The smallest absolute Gasteiger partial charge is 0.265 e. The molecule has 23 heavy (non-hydrogen) atoms. The molecule has 2 aromatic rings. The summed E-state index contributed by atoms with van der Waals surface area (Å²) in [5.74, 6) is -0.268. The van der Waals surface area contributed by atoms with Gasteiger partial charge in [0.05, 0.1) is 5.56 Å². The van der Waals surface area contributed by atoms with E-state index in [9.17, 15) is 14.4 Å². The van der Waals surface area contributed by atoms with Crippen molar-refractivity contribution < 1.29 is 13.9 Å². The number of hydrogen-bond donors (Lipinski definition) is 1. The van der Waals surface area contributed by atoms with E-state index >= 15 is 0 Å². The van der Waals surface area contributed by atoms with E-state index in [-0.39, 0.29) is 11.7 Å². The summed E-state index contributed by atoms with van der Waals surface area (Å²) in [7, 11) is 0. The van der Waals surface area contributed by atoms with Gasteiger partial charge < -0.3 is 10.1 Å². The Morgan fingerprint density at radius 2 is 2.13 bits per heavy atom. The van der Waals surface area contributed by atoms with E-state index in [0.717, 1.165) is 24.8 Å². The van der Waals surface area contributed by atoms with Crippen LogP contribution in [0.15, 0.2) is 24.3 Å². The molecule has 0 saturated carbocycles. The van der Waals surface area contributed by atoms with Crippen LogP contribution in [0.3, 0.4) is 0 Å². The number of fused-ring (bicyclic) bond motifs is 1. The van der Waals surface area contributed by atoms with Gasteiger partial charge in [-0.1, -0.05) is 0 Å². The van der Waals surface area contributed by atoms with Crippen LogP contribution in [0.2, 0.25) is 0 Å². The predicted molar refractivity (Wildman–Crippen MR) is 86.2 cm³/mol. The molecule has 0 unspecified atom stereocenters. The Balaban J connectivity index is 1.69. The van der Waals surface area contributed by atoms with Crippen molar-refractivity contribution >= 4 is 22.2 Å². The maximum atomic E-state index is 12.9. The van der Waals surface area contributed by atoms with E-state index in [0.29, 0.717) is 16.3 Å². The van der Waals surface area contributed by atoms with Crippen LogP contribution in [0.25, 0.3) is 0 Å². The highest BCUT2D eigenvalue weighted by molar-refractivity contribution is 7.16. The summed E-state index contributed by atoms with van der Waals surface area (Å²) in [5.41, 5.74) is 1.64. The average molecular weight is 330 g/mol. The van der Waals surface area contributed by atoms with Crippen molar-refractivity contribution in [2.24, 2.45) is 0 Å². The van der Waals surface area contributed by atoms with Gasteiger partial charge in [-0.2, -0.15) is 5.26 Å². The van der Waals surface area contributed by atoms with Crippen molar-refractivity contribution in [3.05, 3.63) is 46.1 Å². The van der Waals surface area contributed by atoms with Crippen LogP contribution in [-0.2, 0) is 17.6 Å². The number of amides is 1. The van der Waals surface area contributed by atoms with Gasteiger partial charge in [0.15, 0.2) is 6.10 Å². The zero-order valence-electron chi connectivity index (χ0n) is 12.6. The molecule has 0 aliphatic heterocycles. The first-order valence-electron chi connectivity index (χ1n) is 7.36. The summed E-state index contributed by atoms with van der Waals surface area (Å²) in [6.45, 7) is 1.62. The van der Waals surface area contributed by atoms with Gasteiger partial charge in [0.2, 0.25) is 0 Å². The molecule has 3 rings (SSSR count). The molecule has 1 N–H and O–H groups in total. The fourth-order valence-corrected chi connectivity index (χ4v) is 3.84. The van der Waals surface area contributed by atoms with Crippen molar-refractivity contribution in [1.82, 2.24) is 0 Å². The Labute approximate surface area is 137 Å². The second kappa shape index (κ2) is 6.39. The van der Waals surface area contributed by atoms with E-state index in [4.69, 9.17) is 4.74 Å². The topological polar surface area (TPSA) is 62.1 Å². The summed E-state index contributed by atoms with van der Waals surface area (Å²) in [6, 6.07) is 7.68. The molecule has 0 spiro atoms. The number of ether oxygens (including phenoxy) is 1. The number of thiophene rings is 1. The maximum Gasteiger partial charge on any atom is 0.265 e. The number of nitrogens with one attached hydrogen (secondary N) is 1. The van der Waals surface area contributed by atoms with Crippen LogP contribution in [0.4, 0.5) is 9.39 Å². The maximum absolute atomic E-state index is 12.9. The lowest BCUT2D eigenvalue weighted by Crippen LogP contribution is -2.30. The minimum atomic E-state index is -0.746. The number of nitriles is 1. The van der Waals surface area contributed by atoms with Crippen LogP contribution in [0.1, 0.15) is 29.3 Å². The van der Waals surface area contributed by atoms with Gasteiger partial charge in [-0.15, -0.1) is 11.3 Å². The number of carbonyl (C=O) groups is 1. The Morgan fingerprint density at radius 3 is 2.83 bits per heavy atom. The molecule has 1 atom stereocenters. The van der Waals surface area contributed by atoms with Crippen LogP contribution < -0.4 is 10.1 Å². The van der Waals surface area contributed by atoms with Crippen LogP contribution >= 0.6 is 11.3 Å². The molecule has 0 radical (unpaired) electrons. The zero-order valence-corrected chi connectivity index (χ0v) is 13.4. The van der Waals surface area contributed by atoms with Crippen molar-refractivity contribution in [2.75, 3.05) is 5.32 Å². The zero-order chi connectivity index (χ0) is 16.4. The quantitative estimate of drug-likeness (QED) is 0.930. The third kappa shape index (κ3) is 3.20. The standard InChI is InChI=1S/C17H15FN2O2S/c1-10(22-12-7-5-11(18)6-8-12)16(21)20-17-14(9-19)13-3-2-4-15(13)23-17/h5-8,10H,2-4H2,1H3,(H,20,21)/t10-/m0/s1. The Bertz CT molecular complexity index is 777. The molecule has 1 amide bonds. The third-order valence-electron chi connectivity index (χ3n) is 3.77. The van der Waals surface area contributed by atoms with Crippen molar-refractivity contribution in [2.45, 2.75) is 32.3 Å². The van der Waals surface area contributed by atoms with Gasteiger partial charge in [0, 0.05) is 4.88 Å². The second-order valence-electron chi connectivity index (χ2n) is 5.38. The molecule has 1 aromatic heterocycles. The van der Waals surface area contributed by atoms with Crippen LogP contribution in [0, 0.1) is 17.1 Å². The minimum absolute atomic E-state index is 0.328. The second-order valence-corrected chi connectivity index (χ2v) is 6.48. The lowest BCUT2D eigenvalue weighted by atomic mass is 10.1. The molecule has 1 aliphatic rings. The van der Waals surface area contributed by atoms with Crippen molar-refractivity contribution in [3.63, 3.8) is 0 Å². The normalized spacial score (nSPS) is 14.0. The molecule has 6 heteroatoms. The lowest BCUT2D eigenvalue weighted by Gasteiger charge is -2.14. The Morgan fingerprint density at radius 1 is 1.39 bits per heavy atom. The molecule has 0 fully saturated rings. The number of nitrogens with zero attached hydrogens (tertiary/aromatic N) is 1. The van der Waals surface area contributed by atoms with E-state index in [1.807, 2.05) is 0 Å². The first kappa shape index (κ1) is 15.5. The van der Waals surface area contributed by atoms with Crippen LogP contribution in [-0.4, -0.2) is 12.0 Å². The highest BCUT2D eigenvalue weighted by atomic mass is 32.1. The predicted octanol–water partition coefficient (Wildman–Crippen LogP) is 3.65. The Hall–Kier alpha value is -2.39. The largest absolute Gasteiger partial charge is 0.481 e. The van der Waals surface area contributed by atoms with Gasteiger partial charge in [-0.3, -0.25) is 4.79 Å².